The molecule has 0 aromatic rings. The number of nitrogens with zero attached hydrogens (tertiary/aromatic N) is 4. The van der Waals surface area contributed by atoms with Crippen LogP contribution in [0.4, 0.5) is 0 Å². The summed E-state index contributed by atoms with van der Waals surface area (Å²) in [6.07, 6.45) is 17.6. The van der Waals surface area contributed by atoms with Crippen LogP contribution >= 0.6 is 0 Å². The number of carbonyl (C=O) groups excluding carboxylic acids is 4. The van der Waals surface area contributed by atoms with E-state index in [2.05, 4.69) is 64.7 Å². The summed E-state index contributed by atoms with van der Waals surface area (Å²) >= 11 is 0. The maximum atomic E-state index is 11.9. The SMILES string of the molecule is C1=CCC=C1.CCOC(=O)C1(C#N)CC2C=CC1C2.CCOC(=O)C1(C#N)CC2CC1C1OC21.N#CC12CC3CC1C(OC2=O)C3O.[C-]#[N+]C(=C)C(=O)OCC. The van der Waals surface area contributed by atoms with Crippen LogP contribution in [0.1, 0.15) is 65.7 Å². The molecule has 9 aliphatic rings. The standard InChI is InChI=1S/C11H13NO3.C11H13NO2.C9H9NO3.C6H7NO2.C5H6/c1-2-14-10(13)11(5-12)4-6-3-7(11)9-8(6)15-9;1-2-14-10(13)11(7-12)6-8-3-4-9(11)5-8;10-3-9-2-4-1-5(9)7(6(4)11)13-8(9)12;1-4-9-6(8)5(2)7-3;1-2-4-5-3-1/h6-9H,2-4H2,1H3;3-4,8-9H,2,5-6H2,1H3;4-7,11H,1-2H2;2,4H2,1H3;1-4H,5H2. The number of fused-ring (bicyclic) bond motifs is 8. The number of ether oxygens (including phenoxy) is 5. The summed E-state index contributed by atoms with van der Waals surface area (Å²) < 4.78 is 24.9. The van der Waals surface area contributed by atoms with Crippen molar-refractivity contribution in [3.8, 4) is 18.2 Å². The highest BCUT2D eigenvalue weighted by Gasteiger charge is 2.72. The molecule has 0 aromatic carbocycles. The minimum Gasteiger partial charge on any atom is -0.471 e. The van der Waals surface area contributed by atoms with E-state index in [0.717, 1.165) is 25.7 Å². The summed E-state index contributed by atoms with van der Waals surface area (Å²) in [5.74, 6) is -0.697. The van der Waals surface area contributed by atoms with Gasteiger partial charge in [-0.15, -0.1) is 0 Å². The average molecular weight is 769 g/mol. The van der Waals surface area contributed by atoms with Crippen LogP contribution in [0.5, 0.6) is 0 Å². The Morgan fingerprint density at radius 1 is 0.857 bits per heavy atom. The molecule has 6 bridgehead atoms. The summed E-state index contributed by atoms with van der Waals surface area (Å²) in [6.45, 7) is 15.7. The summed E-state index contributed by atoms with van der Waals surface area (Å²) in [5, 5.41) is 37.1. The first-order chi connectivity index (χ1) is 26.9. The van der Waals surface area contributed by atoms with E-state index in [9.17, 15) is 29.5 Å². The molecular weight excluding hydrogens is 720 g/mol. The molecule has 0 aromatic heterocycles. The maximum absolute atomic E-state index is 11.9. The van der Waals surface area contributed by atoms with Crippen molar-refractivity contribution >= 4 is 23.9 Å². The number of esters is 4. The Kier molecular flexibility index (Phi) is 12.9. The van der Waals surface area contributed by atoms with Crippen molar-refractivity contribution in [1.29, 1.82) is 15.8 Å². The highest BCUT2D eigenvalue weighted by atomic mass is 16.6. The number of aliphatic hydroxyl groups is 1. The van der Waals surface area contributed by atoms with Gasteiger partial charge in [0.15, 0.2) is 16.2 Å². The maximum Gasteiger partial charge on any atom is 0.335 e. The monoisotopic (exact) mass is 768 g/mol. The zero-order chi connectivity index (χ0) is 40.8. The summed E-state index contributed by atoms with van der Waals surface area (Å²) in [5.41, 5.74) is -2.86. The first kappa shape index (κ1) is 41.9. The lowest BCUT2D eigenvalue weighted by Gasteiger charge is -2.26. The second kappa shape index (κ2) is 17.2. The Hall–Kier alpha value is -5.28. The van der Waals surface area contributed by atoms with Crippen LogP contribution in [0.25, 0.3) is 4.85 Å². The van der Waals surface area contributed by atoms with Crippen molar-refractivity contribution < 1.29 is 48.0 Å². The molecular formula is C42H48N4O10. The number of allylic oxidation sites excluding steroid dienone is 6. The molecule has 0 radical (unpaired) electrons. The zero-order valence-corrected chi connectivity index (χ0v) is 31.9. The van der Waals surface area contributed by atoms with E-state index in [1.165, 1.54) is 0 Å². The van der Waals surface area contributed by atoms with Crippen molar-refractivity contribution in [3.63, 3.8) is 0 Å². The number of hydrogen-bond acceptors (Lipinski definition) is 13. The van der Waals surface area contributed by atoms with Gasteiger partial charge < -0.3 is 28.8 Å². The number of nitriles is 3. The van der Waals surface area contributed by atoms with Crippen molar-refractivity contribution in [2.24, 2.45) is 51.8 Å². The Morgan fingerprint density at radius 2 is 1.48 bits per heavy atom. The number of aliphatic hydroxyl groups excluding tert-OH is 1. The molecule has 14 nitrogen and oxygen atoms in total. The van der Waals surface area contributed by atoms with Crippen molar-refractivity contribution in [1.82, 2.24) is 0 Å². The summed E-state index contributed by atoms with van der Waals surface area (Å²) in [4.78, 5) is 48.2. The lowest BCUT2D eigenvalue weighted by Crippen LogP contribution is -2.39. The third kappa shape index (κ3) is 7.49. The Bertz CT molecular complexity index is 1840. The predicted molar refractivity (Wildman–Crippen MR) is 195 cm³/mol. The second-order valence-electron chi connectivity index (χ2n) is 15.3. The van der Waals surface area contributed by atoms with E-state index in [1.54, 1.807) is 20.8 Å². The molecule has 13 atom stereocenters. The molecule has 296 valence electrons. The molecule has 2 aliphatic heterocycles. The minimum absolute atomic E-state index is 0.0509. The zero-order valence-electron chi connectivity index (χ0n) is 31.9. The van der Waals surface area contributed by atoms with Crippen LogP contribution < -0.4 is 0 Å². The average Bonchev–Trinajstić information content (AvgIpc) is 3.99. The Morgan fingerprint density at radius 3 is 1.93 bits per heavy atom. The lowest BCUT2D eigenvalue weighted by molar-refractivity contribution is -0.155. The van der Waals surface area contributed by atoms with Crippen LogP contribution in [0.3, 0.4) is 0 Å². The first-order valence-corrected chi connectivity index (χ1v) is 19.2. The van der Waals surface area contributed by atoms with Gasteiger partial charge in [-0.25, -0.2) is 4.85 Å². The minimum atomic E-state index is -0.908. The molecule has 7 aliphatic carbocycles. The fourth-order valence-corrected chi connectivity index (χ4v) is 9.67. The van der Waals surface area contributed by atoms with Crippen LogP contribution in [0, 0.1) is 92.3 Å². The number of carbonyl (C=O) groups is 4. The lowest BCUT2D eigenvalue weighted by atomic mass is 9.74. The molecule has 7 fully saturated rings. The Labute approximate surface area is 327 Å². The van der Waals surface area contributed by atoms with Gasteiger partial charge >= 0.3 is 23.9 Å². The molecule has 1 N–H and O–H groups in total. The van der Waals surface area contributed by atoms with E-state index in [4.69, 9.17) is 36.0 Å². The molecule has 0 spiro atoms. The largest absolute Gasteiger partial charge is 0.471 e. The van der Waals surface area contributed by atoms with E-state index < -0.39 is 40.4 Å². The van der Waals surface area contributed by atoms with Gasteiger partial charge in [-0.1, -0.05) is 43.0 Å². The fraction of sp³-hybridized carbons (Fsp3) is 0.619. The third-order valence-electron chi connectivity index (χ3n) is 12.4. The van der Waals surface area contributed by atoms with Crippen LogP contribution in [-0.4, -0.2) is 73.2 Å². The van der Waals surface area contributed by atoms with Gasteiger partial charge in [-0.2, -0.15) is 15.8 Å². The molecule has 2 heterocycles. The van der Waals surface area contributed by atoms with Gasteiger partial charge in [-0.05, 0) is 83.5 Å². The van der Waals surface area contributed by atoms with Crippen molar-refractivity contribution in [2.75, 3.05) is 19.8 Å². The topological polar surface area (TPSA) is 214 Å². The van der Waals surface area contributed by atoms with Gasteiger partial charge in [0.25, 0.3) is 5.70 Å². The molecule has 13 unspecified atom stereocenters. The molecule has 14 heteroatoms. The predicted octanol–water partition coefficient (Wildman–Crippen LogP) is 4.83. The van der Waals surface area contributed by atoms with Crippen molar-refractivity contribution in [3.05, 3.63) is 60.1 Å². The highest BCUT2D eigenvalue weighted by molar-refractivity contribution is 5.89. The van der Waals surface area contributed by atoms with Crippen LogP contribution in [0.2, 0.25) is 0 Å². The van der Waals surface area contributed by atoms with E-state index in [-0.39, 0.29) is 54.0 Å². The molecule has 2 saturated heterocycles. The fourth-order valence-electron chi connectivity index (χ4n) is 9.67. The smallest absolute Gasteiger partial charge is 0.335 e. The quantitative estimate of drug-likeness (QED) is 0.0959. The van der Waals surface area contributed by atoms with E-state index in [0.29, 0.717) is 50.4 Å². The van der Waals surface area contributed by atoms with Crippen LogP contribution in [-0.2, 0) is 42.9 Å². The second-order valence-corrected chi connectivity index (χ2v) is 15.3. The van der Waals surface area contributed by atoms with E-state index in [1.807, 2.05) is 6.08 Å². The number of rotatable bonds is 6. The highest BCUT2D eigenvalue weighted by Crippen LogP contribution is 2.64. The van der Waals surface area contributed by atoms with E-state index >= 15 is 0 Å². The normalized spacial score (nSPS) is 38.8. The Balaban J connectivity index is 0.000000139. The number of epoxide rings is 1. The molecule has 5 saturated carbocycles. The van der Waals surface area contributed by atoms with Gasteiger partial charge in [0.05, 0.1) is 62.9 Å². The van der Waals surface area contributed by atoms with Gasteiger partial charge in [0.1, 0.15) is 6.10 Å². The van der Waals surface area contributed by atoms with Gasteiger partial charge in [0.2, 0.25) is 0 Å². The van der Waals surface area contributed by atoms with Crippen LogP contribution in [0.15, 0.2) is 48.7 Å². The van der Waals surface area contributed by atoms with Crippen molar-refractivity contribution in [2.45, 2.75) is 90.1 Å². The summed E-state index contributed by atoms with van der Waals surface area (Å²) in [7, 11) is 0. The molecule has 56 heavy (non-hydrogen) atoms. The summed E-state index contributed by atoms with van der Waals surface area (Å²) in [6, 6.07) is 6.45. The first-order valence-electron chi connectivity index (χ1n) is 19.2. The third-order valence-corrected chi connectivity index (χ3v) is 12.4. The van der Waals surface area contributed by atoms with Gasteiger partial charge in [-0.3, -0.25) is 19.2 Å². The van der Waals surface area contributed by atoms with Gasteiger partial charge in [0, 0.05) is 17.8 Å². The molecule has 0 amide bonds. The molecule has 9 rings (SSSR count). The number of hydrogen-bond donors (Lipinski definition) is 1.